The van der Waals surface area contributed by atoms with Crippen molar-refractivity contribution < 1.29 is 10.6 Å². The van der Waals surface area contributed by atoms with Gasteiger partial charge in [-0.3, -0.25) is 14.6 Å². The molecule has 1 N–H and O–H groups in total. The Morgan fingerprint density at radius 1 is 1.19 bits per heavy atom. The monoisotopic (exact) mass is 537 g/mol. The molecule has 3 heterocycles. The van der Waals surface area contributed by atoms with Crippen LogP contribution in [-0.2, 0) is 6.54 Å². The van der Waals surface area contributed by atoms with Gasteiger partial charge in [0.25, 0.3) is 5.91 Å². The van der Waals surface area contributed by atoms with Crippen molar-refractivity contribution in [3.8, 4) is 0 Å². The van der Waals surface area contributed by atoms with Gasteiger partial charge in [-0.05, 0) is 64.4 Å². The quantitative estimate of drug-likeness (QED) is 0.506. The van der Waals surface area contributed by atoms with Crippen LogP contribution in [0.4, 0.5) is 10.2 Å². The van der Waals surface area contributed by atoms with Crippen LogP contribution in [0.3, 0.4) is 0 Å². The van der Waals surface area contributed by atoms with Gasteiger partial charge in [-0.2, -0.15) is 0 Å². The lowest BCUT2D eigenvalue weighted by Gasteiger charge is -2.50. The molecule has 0 unspecified atom stereocenters. The zero-order valence-electron chi connectivity index (χ0n) is 21.3. The second kappa shape index (κ2) is 12.1. The molecule has 2 fully saturated rings. The highest BCUT2D eigenvalue weighted by Gasteiger charge is 2.37. The first-order valence-corrected chi connectivity index (χ1v) is 13.7. The van der Waals surface area contributed by atoms with Gasteiger partial charge < -0.3 is 10.2 Å². The zero-order valence-corrected chi connectivity index (χ0v) is 22.8. The molecule has 2 aliphatic heterocycles. The van der Waals surface area contributed by atoms with Gasteiger partial charge in [0.1, 0.15) is 11.6 Å². The van der Waals surface area contributed by atoms with E-state index < -0.39 is 0 Å². The van der Waals surface area contributed by atoms with Gasteiger partial charge in [-0.25, -0.2) is 9.37 Å². The average molecular weight is 539 g/mol. The number of halogens is 3. The highest BCUT2D eigenvalue weighted by molar-refractivity contribution is 6.33. The van der Waals surface area contributed by atoms with E-state index in [1.807, 2.05) is 6.92 Å². The Morgan fingerprint density at radius 3 is 2.58 bits per heavy atom. The SMILES string of the molecule is CCNC(=O)c1cnc(N2C[C@H](CC)N(C3CCN(Cc4ccc(Cl)cc4F)CC3)C[C@H]2C)c(Cl)c1.[HH]. The van der Waals surface area contributed by atoms with E-state index in [1.165, 1.54) is 6.07 Å². The van der Waals surface area contributed by atoms with Crippen molar-refractivity contribution in [1.29, 1.82) is 0 Å². The van der Waals surface area contributed by atoms with Gasteiger partial charge in [0, 0.05) is 62.5 Å². The lowest BCUT2D eigenvalue weighted by Crippen LogP contribution is -2.61. The van der Waals surface area contributed by atoms with Crippen LogP contribution >= 0.6 is 23.2 Å². The number of hydrogen-bond donors (Lipinski definition) is 1. The van der Waals surface area contributed by atoms with E-state index in [4.69, 9.17) is 23.2 Å². The number of piperazine rings is 1. The molecule has 0 spiro atoms. The van der Waals surface area contributed by atoms with Gasteiger partial charge in [-0.15, -0.1) is 0 Å². The maximum Gasteiger partial charge on any atom is 0.252 e. The fourth-order valence-corrected chi connectivity index (χ4v) is 5.93. The zero-order chi connectivity index (χ0) is 25.8. The highest BCUT2D eigenvalue weighted by Crippen LogP contribution is 2.32. The summed E-state index contributed by atoms with van der Waals surface area (Å²) in [7, 11) is 0. The Morgan fingerprint density at radius 2 is 1.94 bits per heavy atom. The molecule has 198 valence electrons. The van der Waals surface area contributed by atoms with Crippen LogP contribution in [0.1, 0.15) is 57.4 Å². The lowest BCUT2D eigenvalue weighted by molar-refractivity contribution is 0.0503. The second-order valence-electron chi connectivity index (χ2n) is 9.89. The molecule has 2 atom stereocenters. The number of likely N-dealkylation sites (tertiary alicyclic amines) is 1. The van der Waals surface area contributed by atoms with Crippen LogP contribution in [0.5, 0.6) is 0 Å². The minimum atomic E-state index is -0.230. The van der Waals surface area contributed by atoms with E-state index in [2.05, 4.69) is 38.8 Å². The summed E-state index contributed by atoms with van der Waals surface area (Å²) in [6.07, 6.45) is 4.79. The Kier molecular flexibility index (Phi) is 9.10. The number of carbonyl (C=O) groups excluding carboxylic acids is 1. The predicted octanol–water partition coefficient (Wildman–Crippen LogP) is 5.48. The molecule has 0 bridgehead atoms. The van der Waals surface area contributed by atoms with Gasteiger partial charge in [0.05, 0.1) is 10.6 Å². The first-order valence-electron chi connectivity index (χ1n) is 12.9. The number of benzene rings is 1. The number of amides is 1. The van der Waals surface area contributed by atoms with Crippen LogP contribution in [-0.4, -0.2) is 71.5 Å². The smallest absolute Gasteiger partial charge is 0.252 e. The normalized spacial score (nSPS) is 22.1. The largest absolute Gasteiger partial charge is 0.352 e. The molecular weight excluding hydrogens is 500 g/mol. The predicted molar refractivity (Wildman–Crippen MR) is 147 cm³/mol. The molecule has 4 rings (SSSR count). The average Bonchev–Trinajstić information content (AvgIpc) is 2.86. The number of hydrogen-bond acceptors (Lipinski definition) is 5. The summed E-state index contributed by atoms with van der Waals surface area (Å²) < 4.78 is 14.3. The van der Waals surface area contributed by atoms with Crippen molar-refractivity contribution in [3.05, 3.63) is 57.5 Å². The molecule has 2 saturated heterocycles. The van der Waals surface area contributed by atoms with Crippen LogP contribution in [0.2, 0.25) is 10.0 Å². The van der Waals surface area contributed by atoms with E-state index in [0.29, 0.717) is 46.3 Å². The molecule has 1 amide bonds. The third kappa shape index (κ3) is 6.13. The number of aromatic nitrogens is 1. The fourth-order valence-electron chi connectivity index (χ4n) is 5.50. The van der Waals surface area contributed by atoms with Gasteiger partial charge in [0.2, 0.25) is 0 Å². The molecule has 0 aliphatic carbocycles. The van der Waals surface area contributed by atoms with Crippen LogP contribution in [0.25, 0.3) is 0 Å². The number of rotatable bonds is 7. The summed E-state index contributed by atoms with van der Waals surface area (Å²) >= 11 is 12.5. The summed E-state index contributed by atoms with van der Waals surface area (Å²) in [5.41, 5.74) is 1.18. The number of carbonyl (C=O) groups is 1. The van der Waals surface area contributed by atoms with Gasteiger partial charge in [0.15, 0.2) is 0 Å². The number of piperidine rings is 1. The van der Waals surface area contributed by atoms with Crippen molar-refractivity contribution in [2.75, 3.05) is 37.6 Å². The molecule has 1 aromatic heterocycles. The fraction of sp³-hybridized carbons (Fsp3) is 0.556. The first kappa shape index (κ1) is 27.1. The van der Waals surface area contributed by atoms with Crippen molar-refractivity contribution in [1.82, 2.24) is 20.1 Å². The van der Waals surface area contributed by atoms with Crippen molar-refractivity contribution in [2.24, 2.45) is 0 Å². The Bertz CT molecular complexity index is 1070. The number of nitrogens with one attached hydrogen (secondary N) is 1. The molecule has 1 aromatic carbocycles. The minimum Gasteiger partial charge on any atom is -0.352 e. The van der Waals surface area contributed by atoms with Crippen LogP contribution in [0, 0.1) is 5.82 Å². The molecule has 36 heavy (non-hydrogen) atoms. The third-order valence-corrected chi connectivity index (χ3v) is 8.00. The van der Waals surface area contributed by atoms with Crippen molar-refractivity contribution in [2.45, 2.75) is 64.7 Å². The van der Waals surface area contributed by atoms with E-state index in [1.54, 1.807) is 24.4 Å². The van der Waals surface area contributed by atoms with Gasteiger partial charge in [-0.1, -0.05) is 36.2 Å². The summed E-state index contributed by atoms with van der Waals surface area (Å²) in [5.74, 6) is 0.356. The van der Waals surface area contributed by atoms with Crippen LogP contribution in [0.15, 0.2) is 30.5 Å². The lowest BCUT2D eigenvalue weighted by atomic mass is 9.96. The Balaban J connectivity index is 0.00000380. The number of anilines is 1. The van der Waals surface area contributed by atoms with Crippen molar-refractivity contribution >= 4 is 34.9 Å². The molecule has 6 nitrogen and oxygen atoms in total. The Hall–Kier alpha value is -1.93. The Labute approximate surface area is 225 Å². The standard InChI is InChI=1S/C27H36Cl2FN5O.H2/c1-4-22-17-34(26-24(29)12-20(14-32-26)27(36)31-5-2)18(3)15-35(22)23-8-10-33(11-9-23)16-19-6-7-21(28)13-25(19)30;/h6-7,12-14,18,22-23H,4-5,8-11,15-17H2,1-3H3,(H,31,36);1H/t18-,22+;/m1./s1. The van der Waals surface area contributed by atoms with E-state index >= 15 is 0 Å². The maximum atomic E-state index is 14.3. The maximum absolute atomic E-state index is 14.3. The topological polar surface area (TPSA) is 51.7 Å². The molecular formula is C27H38Cl2FN5O. The van der Waals surface area contributed by atoms with E-state index in [0.717, 1.165) is 51.3 Å². The summed E-state index contributed by atoms with van der Waals surface area (Å²) in [6, 6.07) is 7.81. The summed E-state index contributed by atoms with van der Waals surface area (Å²) in [6.45, 7) is 11.2. The van der Waals surface area contributed by atoms with Crippen molar-refractivity contribution in [3.63, 3.8) is 0 Å². The molecule has 9 heteroatoms. The highest BCUT2D eigenvalue weighted by atomic mass is 35.5. The summed E-state index contributed by atoms with van der Waals surface area (Å²) in [5, 5.41) is 3.74. The van der Waals surface area contributed by atoms with Gasteiger partial charge >= 0.3 is 0 Å². The van der Waals surface area contributed by atoms with Crippen LogP contribution < -0.4 is 10.2 Å². The van der Waals surface area contributed by atoms with E-state index in [9.17, 15) is 9.18 Å². The third-order valence-electron chi connectivity index (χ3n) is 7.48. The molecule has 0 radical (unpaired) electrons. The number of pyridine rings is 1. The summed E-state index contributed by atoms with van der Waals surface area (Å²) in [4.78, 5) is 24.0. The second-order valence-corrected chi connectivity index (χ2v) is 10.7. The van der Waals surface area contributed by atoms with E-state index in [-0.39, 0.29) is 19.2 Å². The minimum absolute atomic E-state index is 0. The first-order chi connectivity index (χ1) is 17.3. The molecule has 0 saturated carbocycles. The molecule has 2 aliphatic rings. The molecule has 2 aromatic rings. The number of nitrogens with zero attached hydrogens (tertiary/aromatic N) is 4.